The molecule has 0 spiro atoms. The molecular weight excluding hydrogens is 396 g/mol. The van der Waals surface area contributed by atoms with E-state index >= 15 is 0 Å². The third-order valence-electron chi connectivity index (χ3n) is 4.96. The van der Waals surface area contributed by atoms with Crippen molar-refractivity contribution in [3.63, 3.8) is 0 Å². The van der Waals surface area contributed by atoms with Gasteiger partial charge in [0.1, 0.15) is 0 Å². The molecule has 0 aliphatic heterocycles. The van der Waals surface area contributed by atoms with Crippen molar-refractivity contribution in [2.24, 2.45) is 17.2 Å². The van der Waals surface area contributed by atoms with E-state index in [1.54, 1.807) is 19.6 Å². The molecule has 158 valence electrons. The maximum atomic E-state index is 12.1. The molecular formula is C24H29ClN4O. The van der Waals surface area contributed by atoms with Gasteiger partial charge in [-0.2, -0.15) is 0 Å². The van der Waals surface area contributed by atoms with Gasteiger partial charge in [0, 0.05) is 31.3 Å². The first-order chi connectivity index (χ1) is 14.4. The van der Waals surface area contributed by atoms with Gasteiger partial charge in [0.15, 0.2) is 5.54 Å². The van der Waals surface area contributed by atoms with E-state index in [1.807, 2.05) is 69.7 Å². The van der Waals surface area contributed by atoms with Crippen LogP contribution in [0.5, 0.6) is 0 Å². The Balaban J connectivity index is 0.00000106. The minimum atomic E-state index is -1.11. The molecule has 30 heavy (non-hydrogen) atoms. The monoisotopic (exact) mass is 424 g/mol. The van der Waals surface area contributed by atoms with Crippen LogP contribution in [0.15, 0.2) is 58.6 Å². The second kappa shape index (κ2) is 11.3. The van der Waals surface area contributed by atoms with Crippen molar-refractivity contribution < 1.29 is 0 Å². The van der Waals surface area contributed by atoms with E-state index in [0.717, 1.165) is 33.7 Å². The summed E-state index contributed by atoms with van der Waals surface area (Å²) in [7, 11) is 3.64. The van der Waals surface area contributed by atoms with Crippen LogP contribution in [0.4, 0.5) is 0 Å². The normalized spacial score (nSPS) is 17.3. The quantitative estimate of drug-likeness (QED) is 0.449. The number of allylic oxidation sites excluding steroid dienone is 3. The molecule has 0 N–H and O–H groups in total. The van der Waals surface area contributed by atoms with Crippen molar-refractivity contribution in [1.82, 2.24) is 9.55 Å². The number of imidazole rings is 1. The van der Waals surface area contributed by atoms with Crippen LogP contribution in [0.1, 0.15) is 44.5 Å². The van der Waals surface area contributed by atoms with Gasteiger partial charge < -0.3 is 4.57 Å². The van der Waals surface area contributed by atoms with Crippen molar-refractivity contribution >= 4 is 22.9 Å². The van der Waals surface area contributed by atoms with Crippen molar-refractivity contribution in [3.05, 3.63) is 75.2 Å². The van der Waals surface area contributed by atoms with Gasteiger partial charge >= 0.3 is 0 Å². The van der Waals surface area contributed by atoms with E-state index in [4.69, 9.17) is 11.6 Å². The molecule has 0 bridgehead atoms. The molecule has 1 aliphatic carbocycles. The number of hydrogen-bond donors (Lipinski definition) is 0. The summed E-state index contributed by atoms with van der Waals surface area (Å²) in [6.07, 6.45) is 16.0. The van der Waals surface area contributed by atoms with Crippen molar-refractivity contribution in [3.8, 4) is 12.8 Å². The lowest BCUT2D eigenvalue weighted by Gasteiger charge is -2.26. The van der Waals surface area contributed by atoms with Crippen molar-refractivity contribution in [2.45, 2.75) is 39.7 Å². The van der Waals surface area contributed by atoms with Gasteiger partial charge in [-0.3, -0.25) is 4.99 Å². The minimum Gasteiger partial charge on any atom is -0.335 e. The highest BCUT2D eigenvalue weighted by Crippen LogP contribution is 2.43. The molecule has 1 unspecified atom stereocenters. The number of aryl methyl sites for hydroxylation is 1. The van der Waals surface area contributed by atoms with E-state index in [1.165, 1.54) is 0 Å². The number of hydrogen-bond acceptors (Lipinski definition) is 4. The van der Waals surface area contributed by atoms with Crippen molar-refractivity contribution in [2.75, 3.05) is 7.05 Å². The van der Waals surface area contributed by atoms with E-state index < -0.39 is 5.54 Å². The largest absolute Gasteiger partial charge is 0.335 e. The van der Waals surface area contributed by atoms with Gasteiger partial charge in [-0.25, -0.2) is 4.98 Å². The summed E-state index contributed by atoms with van der Waals surface area (Å²) in [6.45, 7) is 7.78. The lowest BCUT2D eigenvalue weighted by molar-refractivity contribution is 0.592. The zero-order valence-electron chi connectivity index (χ0n) is 18.5. The summed E-state index contributed by atoms with van der Waals surface area (Å²) < 4.78 is 1.82. The molecule has 6 heteroatoms. The maximum absolute atomic E-state index is 12.1. The van der Waals surface area contributed by atoms with Gasteiger partial charge in [0.2, 0.25) is 0 Å². The van der Waals surface area contributed by atoms with Gasteiger partial charge in [0.25, 0.3) is 0 Å². The zero-order chi connectivity index (χ0) is 22.9. The van der Waals surface area contributed by atoms with Crippen LogP contribution >= 0.6 is 11.6 Å². The predicted octanol–water partition coefficient (Wildman–Crippen LogP) is 5.99. The molecule has 1 aromatic carbocycles. The number of aromatic nitrogens is 2. The molecule has 0 saturated carbocycles. The first-order valence-electron chi connectivity index (χ1n) is 9.72. The second-order valence-electron chi connectivity index (χ2n) is 6.50. The number of terminal acetylenes is 1. The van der Waals surface area contributed by atoms with Crippen LogP contribution < -0.4 is 0 Å². The highest BCUT2D eigenvalue weighted by atomic mass is 35.5. The number of nitroso groups, excluding NO2 is 1. The number of aliphatic imine (C=N–C) groups is 1. The Hall–Kier alpha value is -2.97. The Bertz CT molecular complexity index is 998. The maximum Gasteiger partial charge on any atom is 0.166 e. The summed E-state index contributed by atoms with van der Waals surface area (Å²) in [4.78, 5) is 20.7. The highest BCUT2D eigenvalue weighted by molar-refractivity contribution is 6.30. The molecule has 0 amide bonds. The predicted molar refractivity (Wildman–Crippen MR) is 128 cm³/mol. The smallest absolute Gasteiger partial charge is 0.166 e. The van der Waals surface area contributed by atoms with Gasteiger partial charge in [0.05, 0.1) is 18.2 Å². The van der Waals surface area contributed by atoms with E-state index in [-0.39, 0.29) is 0 Å². The van der Waals surface area contributed by atoms with Crippen LogP contribution in [0.3, 0.4) is 0 Å². The summed E-state index contributed by atoms with van der Waals surface area (Å²) in [6, 6.07) is 5.75. The van der Waals surface area contributed by atoms with Crippen LogP contribution in [-0.2, 0) is 19.0 Å². The third kappa shape index (κ3) is 4.77. The Morgan fingerprint density at radius 2 is 1.97 bits per heavy atom. The van der Waals surface area contributed by atoms with E-state index in [2.05, 4.69) is 28.0 Å². The number of halogens is 1. The molecule has 1 aliphatic rings. The minimum absolute atomic E-state index is 0.617. The number of benzene rings is 1. The van der Waals surface area contributed by atoms with Gasteiger partial charge in [-0.15, -0.1) is 17.8 Å². The molecule has 0 fully saturated rings. The fourth-order valence-corrected chi connectivity index (χ4v) is 3.65. The first-order valence-corrected chi connectivity index (χ1v) is 10.1. The number of rotatable bonds is 3. The van der Waals surface area contributed by atoms with Crippen molar-refractivity contribution in [1.29, 1.82) is 0 Å². The topological polar surface area (TPSA) is 59.6 Å². The second-order valence-corrected chi connectivity index (χ2v) is 6.94. The lowest BCUT2D eigenvalue weighted by Crippen LogP contribution is -2.24. The number of fused-ring (bicyclic) bond motifs is 1. The first kappa shape index (κ1) is 25.1. The third-order valence-corrected chi connectivity index (χ3v) is 5.19. The summed E-state index contributed by atoms with van der Waals surface area (Å²) in [5.74, 6) is 0. The van der Waals surface area contributed by atoms with Crippen LogP contribution in [0, 0.1) is 17.8 Å². The average Bonchev–Trinajstić information content (AvgIpc) is 3.15. The lowest BCUT2D eigenvalue weighted by atomic mass is 9.82. The van der Waals surface area contributed by atoms with Crippen LogP contribution in [-0.4, -0.2) is 22.3 Å². The molecule has 1 atom stereocenters. The Kier molecular flexibility index (Phi) is 9.42. The van der Waals surface area contributed by atoms with E-state index in [0.29, 0.717) is 11.4 Å². The molecule has 0 radical (unpaired) electrons. The van der Waals surface area contributed by atoms with Crippen LogP contribution in [0.25, 0.3) is 5.57 Å². The van der Waals surface area contributed by atoms with E-state index in [9.17, 15) is 4.91 Å². The van der Waals surface area contributed by atoms with Gasteiger partial charge in [-0.05, 0) is 54.3 Å². The Labute approximate surface area is 184 Å². The Morgan fingerprint density at radius 3 is 2.47 bits per heavy atom. The summed E-state index contributed by atoms with van der Waals surface area (Å²) in [5, 5.41) is 4.16. The molecule has 1 aromatic heterocycles. The Morgan fingerprint density at radius 1 is 1.30 bits per heavy atom. The molecule has 5 nitrogen and oxygen atoms in total. The average molecular weight is 425 g/mol. The standard InChI is InChI=1S/C20H21ClN4O.C2H6.C2H2/c1-5-13-8-17(20(2,24-26)19-11-23-12-25(19)4)16-10-15(21)7-6-14(16)9-18(13)22-3;2*1-2/h5-8,10-12H,9H2,1-4H3;1-2H3;1-2H/b13-5-,22-18?;;. The zero-order valence-corrected chi connectivity index (χ0v) is 19.2. The molecule has 3 rings (SSSR count). The molecule has 0 saturated heterocycles. The fraction of sp³-hybridized carbons (Fsp3) is 0.333. The number of nitrogens with zero attached hydrogens (tertiary/aromatic N) is 4. The van der Waals surface area contributed by atoms with Crippen LogP contribution in [0.2, 0.25) is 5.02 Å². The van der Waals surface area contributed by atoms with Gasteiger partial charge in [-0.1, -0.05) is 42.8 Å². The fourth-order valence-electron chi connectivity index (χ4n) is 3.47. The molecule has 2 aromatic rings. The SMILES string of the molecule is C#C.C/C=C1/C=C(C(C)(N=O)c2cncn2C)c2cc(Cl)ccc2CC1=NC.CC. The summed E-state index contributed by atoms with van der Waals surface area (Å²) in [5.41, 5.74) is 4.32. The summed E-state index contributed by atoms with van der Waals surface area (Å²) >= 11 is 6.29. The molecule has 1 heterocycles. The highest BCUT2D eigenvalue weighted by Gasteiger charge is 2.38.